The van der Waals surface area contributed by atoms with E-state index >= 15 is 0 Å². The molecule has 0 fully saturated rings. The monoisotopic (exact) mass is 289 g/mol. The molecule has 1 heterocycles. The summed E-state index contributed by atoms with van der Waals surface area (Å²) in [6.07, 6.45) is 3.95. The van der Waals surface area contributed by atoms with Gasteiger partial charge in [-0.05, 0) is 51.3 Å². The van der Waals surface area contributed by atoms with Crippen molar-refractivity contribution in [2.45, 2.75) is 53.2 Å². The van der Waals surface area contributed by atoms with Crippen molar-refractivity contribution in [2.75, 3.05) is 0 Å². The third-order valence-corrected chi connectivity index (χ3v) is 3.48. The summed E-state index contributed by atoms with van der Waals surface area (Å²) in [5.74, 6) is -0.106. The molecule has 0 aliphatic rings. The minimum atomic E-state index is -0.106. The SMILES string of the molecule is Cc1cc(CNCc2cnn(C(C)(C)C)c2)cc(C)c1F. The molecular weight excluding hydrogens is 265 g/mol. The van der Waals surface area contributed by atoms with Crippen molar-refractivity contribution in [3.8, 4) is 0 Å². The Bertz CT molecular complexity index is 600. The fourth-order valence-electron chi connectivity index (χ4n) is 2.31. The zero-order valence-electron chi connectivity index (χ0n) is 13.5. The fraction of sp³-hybridized carbons (Fsp3) is 0.471. The fourth-order valence-corrected chi connectivity index (χ4v) is 2.31. The summed E-state index contributed by atoms with van der Waals surface area (Å²) in [6.45, 7) is 11.5. The molecule has 0 amide bonds. The zero-order chi connectivity index (χ0) is 15.6. The first kappa shape index (κ1) is 15.7. The maximum absolute atomic E-state index is 13.6. The van der Waals surface area contributed by atoms with E-state index in [1.807, 2.05) is 23.0 Å². The number of nitrogens with zero attached hydrogens (tertiary/aromatic N) is 2. The molecule has 4 heteroatoms. The van der Waals surface area contributed by atoms with Gasteiger partial charge in [0, 0.05) is 24.8 Å². The minimum absolute atomic E-state index is 0.00340. The molecule has 0 radical (unpaired) electrons. The van der Waals surface area contributed by atoms with Crippen molar-refractivity contribution in [1.82, 2.24) is 15.1 Å². The second kappa shape index (κ2) is 5.98. The highest BCUT2D eigenvalue weighted by Crippen LogP contribution is 2.15. The van der Waals surface area contributed by atoms with Crippen LogP contribution in [0.5, 0.6) is 0 Å². The lowest BCUT2D eigenvalue weighted by Crippen LogP contribution is -2.22. The van der Waals surface area contributed by atoms with Crippen LogP contribution in [0.15, 0.2) is 24.5 Å². The number of halogens is 1. The quantitative estimate of drug-likeness (QED) is 0.930. The highest BCUT2D eigenvalue weighted by Gasteiger charge is 2.13. The summed E-state index contributed by atoms with van der Waals surface area (Å²) >= 11 is 0. The average molecular weight is 289 g/mol. The molecule has 1 aromatic heterocycles. The Hall–Kier alpha value is -1.68. The molecule has 114 valence electrons. The molecule has 0 saturated carbocycles. The standard InChI is InChI=1S/C17H24FN3/c1-12-6-14(7-13(2)16(12)18)8-19-9-15-10-20-21(11-15)17(3,4)5/h6-7,10-11,19H,8-9H2,1-5H3. The van der Waals surface area contributed by atoms with Gasteiger partial charge in [0.2, 0.25) is 0 Å². The van der Waals surface area contributed by atoms with Crippen molar-refractivity contribution >= 4 is 0 Å². The highest BCUT2D eigenvalue weighted by atomic mass is 19.1. The lowest BCUT2D eigenvalue weighted by atomic mass is 10.1. The van der Waals surface area contributed by atoms with Gasteiger partial charge in [-0.25, -0.2) is 4.39 Å². The summed E-state index contributed by atoms with van der Waals surface area (Å²) < 4.78 is 15.5. The van der Waals surface area contributed by atoms with E-state index in [0.29, 0.717) is 11.1 Å². The summed E-state index contributed by atoms with van der Waals surface area (Å²) in [5, 5.41) is 7.76. The summed E-state index contributed by atoms with van der Waals surface area (Å²) in [5.41, 5.74) is 3.67. The number of aromatic nitrogens is 2. The van der Waals surface area contributed by atoms with Crippen LogP contribution in [-0.4, -0.2) is 9.78 Å². The minimum Gasteiger partial charge on any atom is -0.309 e. The van der Waals surface area contributed by atoms with Crippen LogP contribution >= 0.6 is 0 Å². The van der Waals surface area contributed by atoms with Crippen LogP contribution < -0.4 is 5.32 Å². The number of nitrogens with one attached hydrogen (secondary N) is 1. The lowest BCUT2D eigenvalue weighted by molar-refractivity contribution is 0.355. The Morgan fingerprint density at radius 2 is 1.67 bits per heavy atom. The maximum Gasteiger partial charge on any atom is 0.129 e. The Balaban J connectivity index is 1.94. The predicted molar refractivity (Wildman–Crippen MR) is 83.6 cm³/mol. The predicted octanol–water partition coefficient (Wildman–Crippen LogP) is 3.68. The normalized spacial score (nSPS) is 11.9. The van der Waals surface area contributed by atoms with E-state index in [1.165, 1.54) is 0 Å². The smallest absolute Gasteiger partial charge is 0.129 e. The molecular formula is C17H24FN3. The molecule has 0 bridgehead atoms. The van der Waals surface area contributed by atoms with Crippen LogP contribution in [0.3, 0.4) is 0 Å². The Morgan fingerprint density at radius 3 is 2.19 bits per heavy atom. The first-order valence-corrected chi connectivity index (χ1v) is 7.28. The van der Waals surface area contributed by atoms with Crippen LogP contribution in [0.2, 0.25) is 0 Å². The van der Waals surface area contributed by atoms with Gasteiger partial charge in [0.05, 0.1) is 11.7 Å². The molecule has 0 aliphatic carbocycles. The second-order valence-electron chi connectivity index (χ2n) is 6.61. The molecule has 2 rings (SSSR count). The maximum atomic E-state index is 13.6. The van der Waals surface area contributed by atoms with E-state index in [1.54, 1.807) is 13.8 Å². The molecule has 2 aromatic rings. The average Bonchev–Trinajstić information content (AvgIpc) is 2.84. The van der Waals surface area contributed by atoms with E-state index in [2.05, 4.69) is 37.4 Å². The van der Waals surface area contributed by atoms with Crippen molar-refractivity contribution < 1.29 is 4.39 Å². The Labute approximate surface area is 126 Å². The van der Waals surface area contributed by atoms with Gasteiger partial charge in [0.15, 0.2) is 0 Å². The van der Waals surface area contributed by atoms with Gasteiger partial charge in [0.25, 0.3) is 0 Å². The number of benzene rings is 1. The second-order valence-corrected chi connectivity index (χ2v) is 6.61. The van der Waals surface area contributed by atoms with Crippen molar-refractivity contribution in [2.24, 2.45) is 0 Å². The van der Waals surface area contributed by atoms with Gasteiger partial charge in [-0.1, -0.05) is 12.1 Å². The van der Waals surface area contributed by atoms with Gasteiger partial charge in [-0.2, -0.15) is 5.10 Å². The topological polar surface area (TPSA) is 29.9 Å². The molecule has 0 saturated heterocycles. The van der Waals surface area contributed by atoms with Crippen molar-refractivity contribution in [1.29, 1.82) is 0 Å². The summed E-state index contributed by atoms with van der Waals surface area (Å²) in [6, 6.07) is 3.79. The van der Waals surface area contributed by atoms with Gasteiger partial charge < -0.3 is 5.32 Å². The van der Waals surface area contributed by atoms with E-state index in [9.17, 15) is 4.39 Å². The summed E-state index contributed by atoms with van der Waals surface area (Å²) in [4.78, 5) is 0. The van der Waals surface area contributed by atoms with Crippen LogP contribution in [0.1, 0.15) is 43.0 Å². The Morgan fingerprint density at radius 1 is 1.10 bits per heavy atom. The molecule has 0 unspecified atom stereocenters. The first-order chi connectivity index (χ1) is 9.77. The largest absolute Gasteiger partial charge is 0.309 e. The molecule has 1 aromatic carbocycles. The number of hydrogen-bond donors (Lipinski definition) is 1. The van der Waals surface area contributed by atoms with Gasteiger partial charge in [-0.15, -0.1) is 0 Å². The number of aryl methyl sites for hydroxylation is 2. The first-order valence-electron chi connectivity index (χ1n) is 7.28. The van der Waals surface area contributed by atoms with Gasteiger partial charge >= 0.3 is 0 Å². The molecule has 0 aliphatic heterocycles. The molecule has 1 N–H and O–H groups in total. The van der Waals surface area contributed by atoms with Crippen LogP contribution in [0.4, 0.5) is 4.39 Å². The summed E-state index contributed by atoms with van der Waals surface area (Å²) in [7, 11) is 0. The van der Waals surface area contributed by atoms with E-state index in [4.69, 9.17) is 0 Å². The third kappa shape index (κ3) is 3.91. The van der Waals surface area contributed by atoms with E-state index in [0.717, 1.165) is 24.2 Å². The third-order valence-electron chi connectivity index (χ3n) is 3.48. The van der Waals surface area contributed by atoms with Crippen LogP contribution in [0, 0.1) is 19.7 Å². The van der Waals surface area contributed by atoms with E-state index < -0.39 is 0 Å². The van der Waals surface area contributed by atoms with Crippen molar-refractivity contribution in [3.05, 3.63) is 52.6 Å². The number of rotatable bonds is 4. The number of hydrogen-bond acceptors (Lipinski definition) is 2. The van der Waals surface area contributed by atoms with Gasteiger partial charge in [0.1, 0.15) is 5.82 Å². The molecule has 3 nitrogen and oxygen atoms in total. The molecule has 0 atom stereocenters. The Kier molecular flexibility index (Phi) is 4.47. The zero-order valence-corrected chi connectivity index (χ0v) is 13.5. The van der Waals surface area contributed by atoms with Crippen LogP contribution in [0.25, 0.3) is 0 Å². The highest BCUT2D eigenvalue weighted by molar-refractivity contribution is 5.30. The lowest BCUT2D eigenvalue weighted by Gasteiger charge is -2.18. The molecule has 0 spiro atoms. The van der Waals surface area contributed by atoms with Gasteiger partial charge in [-0.3, -0.25) is 4.68 Å². The van der Waals surface area contributed by atoms with E-state index in [-0.39, 0.29) is 11.4 Å². The van der Waals surface area contributed by atoms with Crippen LogP contribution in [-0.2, 0) is 18.6 Å². The van der Waals surface area contributed by atoms with Crippen molar-refractivity contribution in [3.63, 3.8) is 0 Å². The molecule has 21 heavy (non-hydrogen) atoms.